The highest BCUT2D eigenvalue weighted by Crippen LogP contribution is 2.55. The number of carbonyl (C=O) groups is 1. The molecule has 2 aliphatic carbocycles. The summed E-state index contributed by atoms with van der Waals surface area (Å²) in [5, 5.41) is 0. The molecular weight excluding hydrogens is 200 g/mol. The van der Waals surface area contributed by atoms with Gasteiger partial charge in [-0.3, -0.25) is 4.79 Å². The van der Waals surface area contributed by atoms with Crippen molar-refractivity contribution in [3.63, 3.8) is 0 Å². The highest BCUT2D eigenvalue weighted by molar-refractivity contribution is 5.78. The van der Waals surface area contributed by atoms with E-state index in [1.807, 2.05) is 30.3 Å². The van der Waals surface area contributed by atoms with Gasteiger partial charge in [0.1, 0.15) is 5.75 Å². The van der Waals surface area contributed by atoms with E-state index in [4.69, 9.17) is 4.74 Å². The second-order valence-corrected chi connectivity index (χ2v) is 4.87. The molecule has 0 heterocycles. The zero-order chi connectivity index (χ0) is 11.0. The number of hydrogen-bond acceptors (Lipinski definition) is 2. The summed E-state index contributed by atoms with van der Waals surface area (Å²) < 4.78 is 5.39. The summed E-state index contributed by atoms with van der Waals surface area (Å²) in [6.45, 7) is 0. The van der Waals surface area contributed by atoms with Crippen LogP contribution < -0.4 is 4.74 Å². The fraction of sp³-hybridized carbons (Fsp3) is 0.500. The van der Waals surface area contributed by atoms with Gasteiger partial charge in [0, 0.05) is 0 Å². The molecule has 84 valence electrons. The Hall–Kier alpha value is -1.31. The predicted octanol–water partition coefficient (Wildman–Crippen LogP) is 3.03. The van der Waals surface area contributed by atoms with Crippen molar-refractivity contribution in [3.8, 4) is 5.75 Å². The Labute approximate surface area is 95.6 Å². The van der Waals surface area contributed by atoms with E-state index in [9.17, 15) is 4.79 Å². The Balaban J connectivity index is 1.63. The van der Waals surface area contributed by atoms with E-state index in [-0.39, 0.29) is 11.9 Å². The van der Waals surface area contributed by atoms with Gasteiger partial charge in [-0.2, -0.15) is 0 Å². The SMILES string of the molecule is O=C(Oc1ccccc1)C1C2CCCCC21. The third kappa shape index (κ3) is 1.73. The van der Waals surface area contributed by atoms with Gasteiger partial charge >= 0.3 is 5.97 Å². The Morgan fingerprint density at radius 3 is 2.31 bits per heavy atom. The monoisotopic (exact) mass is 216 g/mol. The van der Waals surface area contributed by atoms with Crippen molar-refractivity contribution in [2.75, 3.05) is 0 Å². The first-order valence-electron chi connectivity index (χ1n) is 6.13. The molecule has 2 aliphatic rings. The van der Waals surface area contributed by atoms with Gasteiger partial charge in [-0.25, -0.2) is 0 Å². The predicted molar refractivity (Wildman–Crippen MR) is 61.0 cm³/mol. The molecule has 16 heavy (non-hydrogen) atoms. The van der Waals surface area contributed by atoms with Gasteiger partial charge in [0.2, 0.25) is 0 Å². The standard InChI is InChI=1S/C14H16O2/c15-14(16-10-6-2-1-3-7-10)13-11-8-4-5-9-12(11)13/h1-3,6-7,11-13H,4-5,8-9H2. The van der Waals surface area contributed by atoms with Crippen LogP contribution in [0.4, 0.5) is 0 Å². The van der Waals surface area contributed by atoms with Crippen molar-refractivity contribution in [1.29, 1.82) is 0 Å². The summed E-state index contributed by atoms with van der Waals surface area (Å²) in [5.41, 5.74) is 0. The number of hydrogen-bond donors (Lipinski definition) is 0. The zero-order valence-corrected chi connectivity index (χ0v) is 9.26. The molecule has 0 N–H and O–H groups in total. The summed E-state index contributed by atoms with van der Waals surface area (Å²) in [5.74, 6) is 2.12. The molecular formula is C14H16O2. The van der Waals surface area contributed by atoms with Crippen LogP contribution >= 0.6 is 0 Å². The average molecular weight is 216 g/mol. The molecule has 1 aromatic rings. The number of rotatable bonds is 2. The van der Waals surface area contributed by atoms with Crippen molar-refractivity contribution < 1.29 is 9.53 Å². The molecule has 2 fully saturated rings. The minimum Gasteiger partial charge on any atom is -0.426 e. The second-order valence-electron chi connectivity index (χ2n) is 4.87. The van der Waals surface area contributed by atoms with Crippen LogP contribution in [0, 0.1) is 17.8 Å². The molecule has 2 unspecified atom stereocenters. The number of esters is 1. The number of para-hydroxylation sites is 1. The van der Waals surface area contributed by atoms with E-state index < -0.39 is 0 Å². The molecule has 0 amide bonds. The first-order chi connectivity index (χ1) is 7.86. The lowest BCUT2D eigenvalue weighted by atomic mass is 10.0. The van der Waals surface area contributed by atoms with Gasteiger partial charge in [-0.1, -0.05) is 31.0 Å². The lowest BCUT2D eigenvalue weighted by Crippen LogP contribution is -2.12. The van der Waals surface area contributed by atoms with E-state index in [2.05, 4.69) is 0 Å². The van der Waals surface area contributed by atoms with Gasteiger partial charge in [-0.05, 0) is 36.8 Å². The average Bonchev–Trinajstić information content (AvgIpc) is 3.04. The fourth-order valence-electron chi connectivity index (χ4n) is 3.01. The topological polar surface area (TPSA) is 26.3 Å². The lowest BCUT2D eigenvalue weighted by Gasteiger charge is -2.04. The van der Waals surface area contributed by atoms with Crippen molar-refractivity contribution in [2.24, 2.45) is 17.8 Å². The molecule has 2 atom stereocenters. The maximum Gasteiger partial charge on any atom is 0.314 e. The molecule has 3 rings (SSSR count). The van der Waals surface area contributed by atoms with E-state index >= 15 is 0 Å². The summed E-state index contributed by atoms with van der Waals surface area (Å²) in [6, 6.07) is 9.38. The molecule has 0 bridgehead atoms. The minimum atomic E-state index is -0.0110. The summed E-state index contributed by atoms with van der Waals surface area (Å²) in [4.78, 5) is 11.9. The lowest BCUT2D eigenvalue weighted by molar-refractivity contribution is -0.136. The van der Waals surface area contributed by atoms with Gasteiger partial charge in [0.25, 0.3) is 0 Å². The van der Waals surface area contributed by atoms with Crippen molar-refractivity contribution >= 4 is 5.97 Å². The van der Waals surface area contributed by atoms with Crippen LogP contribution in [0.15, 0.2) is 30.3 Å². The quantitative estimate of drug-likeness (QED) is 0.561. The van der Waals surface area contributed by atoms with E-state index in [0.29, 0.717) is 17.6 Å². The minimum absolute atomic E-state index is 0.0110. The zero-order valence-electron chi connectivity index (χ0n) is 9.26. The second kappa shape index (κ2) is 3.93. The Morgan fingerprint density at radius 2 is 1.69 bits per heavy atom. The molecule has 0 spiro atoms. The smallest absolute Gasteiger partial charge is 0.314 e. The van der Waals surface area contributed by atoms with Crippen molar-refractivity contribution in [3.05, 3.63) is 30.3 Å². The first-order valence-corrected chi connectivity index (χ1v) is 6.13. The third-order valence-corrected chi connectivity index (χ3v) is 3.89. The van der Waals surface area contributed by atoms with Gasteiger partial charge in [-0.15, -0.1) is 0 Å². The van der Waals surface area contributed by atoms with Crippen LogP contribution in [0.5, 0.6) is 5.75 Å². The van der Waals surface area contributed by atoms with Crippen LogP contribution in [0.25, 0.3) is 0 Å². The van der Waals surface area contributed by atoms with Crippen LogP contribution in [0.2, 0.25) is 0 Å². The molecule has 1 aromatic carbocycles. The highest BCUT2D eigenvalue weighted by Gasteiger charge is 2.55. The van der Waals surface area contributed by atoms with Crippen LogP contribution in [-0.2, 0) is 4.79 Å². The number of ether oxygens (including phenoxy) is 1. The first kappa shape index (κ1) is 9.88. The number of fused-ring (bicyclic) bond motifs is 1. The van der Waals surface area contributed by atoms with E-state index in [0.717, 1.165) is 0 Å². The molecule has 2 saturated carbocycles. The maximum atomic E-state index is 11.9. The highest BCUT2D eigenvalue weighted by atomic mass is 16.5. The van der Waals surface area contributed by atoms with Crippen LogP contribution in [-0.4, -0.2) is 5.97 Å². The van der Waals surface area contributed by atoms with Gasteiger partial charge < -0.3 is 4.74 Å². The van der Waals surface area contributed by atoms with Crippen LogP contribution in [0.1, 0.15) is 25.7 Å². The van der Waals surface area contributed by atoms with Crippen LogP contribution in [0.3, 0.4) is 0 Å². The Kier molecular flexibility index (Phi) is 2.43. The van der Waals surface area contributed by atoms with E-state index in [1.165, 1.54) is 25.7 Å². The van der Waals surface area contributed by atoms with Crippen molar-refractivity contribution in [2.45, 2.75) is 25.7 Å². The van der Waals surface area contributed by atoms with Gasteiger partial charge in [0.05, 0.1) is 5.92 Å². The van der Waals surface area contributed by atoms with Crippen molar-refractivity contribution in [1.82, 2.24) is 0 Å². The summed E-state index contributed by atoms with van der Waals surface area (Å²) in [6.07, 6.45) is 5.02. The normalized spacial score (nSPS) is 31.6. The molecule has 2 nitrogen and oxygen atoms in total. The largest absolute Gasteiger partial charge is 0.426 e. The number of carbonyl (C=O) groups excluding carboxylic acids is 1. The Bertz CT molecular complexity index is 373. The molecule has 2 heteroatoms. The molecule has 0 radical (unpaired) electrons. The molecule has 0 aromatic heterocycles. The maximum absolute atomic E-state index is 11.9. The summed E-state index contributed by atoms with van der Waals surface area (Å²) in [7, 11) is 0. The Morgan fingerprint density at radius 1 is 1.06 bits per heavy atom. The number of benzene rings is 1. The fourth-order valence-corrected chi connectivity index (χ4v) is 3.01. The third-order valence-electron chi connectivity index (χ3n) is 3.89. The van der Waals surface area contributed by atoms with E-state index in [1.54, 1.807) is 0 Å². The molecule has 0 aliphatic heterocycles. The van der Waals surface area contributed by atoms with Gasteiger partial charge in [0.15, 0.2) is 0 Å². The molecule has 0 saturated heterocycles. The summed E-state index contributed by atoms with van der Waals surface area (Å²) >= 11 is 0.